The summed E-state index contributed by atoms with van der Waals surface area (Å²) in [6, 6.07) is 13.4. The van der Waals surface area contributed by atoms with E-state index in [4.69, 9.17) is 16.3 Å². The molecular weight excluding hydrogens is 422 g/mol. The van der Waals surface area contributed by atoms with Crippen molar-refractivity contribution in [3.63, 3.8) is 0 Å². The number of hydrogen-bond donors (Lipinski definition) is 1. The zero-order valence-electron chi connectivity index (χ0n) is 16.7. The monoisotopic (exact) mass is 445 g/mol. The van der Waals surface area contributed by atoms with Gasteiger partial charge in [0.05, 0.1) is 22.4 Å². The van der Waals surface area contributed by atoms with Crippen molar-refractivity contribution in [2.45, 2.75) is 29.6 Å². The molecule has 0 aliphatic carbocycles. The van der Waals surface area contributed by atoms with Crippen LogP contribution in [0.3, 0.4) is 0 Å². The zero-order valence-corrected chi connectivity index (χ0v) is 18.3. The van der Waals surface area contributed by atoms with Gasteiger partial charge in [0.15, 0.2) is 0 Å². The highest BCUT2D eigenvalue weighted by atomic mass is 35.5. The third-order valence-corrected chi connectivity index (χ3v) is 6.38. The average molecular weight is 446 g/mol. The minimum absolute atomic E-state index is 0.179. The molecule has 2 aromatic rings. The lowest BCUT2D eigenvalue weighted by Crippen LogP contribution is -2.41. The Kier molecular flexibility index (Phi) is 7.82. The van der Waals surface area contributed by atoms with Gasteiger partial charge in [-0.3, -0.25) is 9.59 Å². The van der Waals surface area contributed by atoms with E-state index in [1.807, 2.05) is 49.4 Å². The van der Waals surface area contributed by atoms with Gasteiger partial charge in [-0.1, -0.05) is 41.6 Å². The average Bonchev–Trinajstić information content (AvgIpc) is 2.75. The van der Waals surface area contributed by atoms with Crippen molar-refractivity contribution in [3.8, 4) is 5.75 Å². The number of likely N-dealkylation sites (tertiary alicyclic amines) is 1. The number of aliphatic carboxylic acids is 1. The van der Waals surface area contributed by atoms with Crippen LogP contribution in [0.1, 0.15) is 25.3 Å². The van der Waals surface area contributed by atoms with E-state index >= 15 is 0 Å². The first-order valence-corrected chi connectivity index (χ1v) is 11.1. The van der Waals surface area contributed by atoms with Crippen LogP contribution < -0.4 is 4.74 Å². The summed E-state index contributed by atoms with van der Waals surface area (Å²) >= 11 is 8.00. The fourth-order valence-electron chi connectivity index (χ4n) is 3.28. The number of carbonyl (C=O) groups is 2. The molecule has 1 atom stereocenters. The molecule has 1 fully saturated rings. The van der Waals surface area contributed by atoms with Gasteiger partial charge in [-0.15, -0.1) is 0 Å². The van der Waals surface area contributed by atoms with E-state index in [0.717, 1.165) is 21.1 Å². The molecule has 0 aromatic heterocycles. The Morgan fingerprint density at radius 1 is 1.27 bits per heavy atom. The van der Waals surface area contributed by atoms with Gasteiger partial charge in [0.1, 0.15) is 5.75 Å². The van der Waals surface area contributed by atoms with Crippen molar-refractivity contribution in [1.82, 2.24) is 4.90 Å². The number of nitrogens with zero attached hydrogens (tertiary/aromatic N) is 1. The van der Waals surface area contributed by atoms with E-state index in [9.17, 15) is 14.7 Å². The number of hydrogen-bond acceptors (Lipinski definition) is 4. The lowest BCUT2D eigenvalue weighted by Gasteiger charge is -2.29. The molecule has 0 bridgehead atoms. The molecule has 0 saturated carbocycles. The molecule has 3 rings (SSSR count). The number of halogens is 1. The number of amides is 1. The number of carbonyl (C=O) groups excluding carboxylic acids is 1. The van der Waals surface area contributed by atoms with Crippen molar-refractivity contribution in [1.29, 1.82) is 0 Å². The van der Waals surface area contributed by atoms with Crippen LogP contribution in [0.2, 0.25) is 5.02 Å². The number of ether oxygens (including phenoxy) is 1. The van der Waals surface area contributed by atoms with Gasteiger partial charge >= 0.3 is 5.97 Å². The molecule has 0 radical (unpaired) electrons. The predicted molar refractivity (Wildman–Crippen MR) is 119 cm³/mol. The highest BCUT2D eigenvalue weighted by molar-refractivity contribution is 7.99. The Balaban J connectivity index is 1.67. The van der Waals surface area contributed by atoms with Crippen LogP contribution in [0, 0.1) is 5.92 Å². The third kappa shape index (κ3) is 5.80. The Bertz CT molecular complexity index is 947. The quantitative estimate of drug-likeness (QED) is 0.591. The van der Waals surface area contributed by atoms with Crippen LogP contribution in [0.4, 0.5) is 0 Å². The van der Waals surface area contributed by atoms with Gasteiger partial charge in [0.2, 0.25) is 5.91 Å². The van der Waals surface area contributed by atoms with Crippen LogP contribution in [-0.2, 0) is 9.59 Å². The minimum Gasteiger partial charge on any atom is -0.493 e. The van der Waals surface area contributed by atoms with E-state index in [0.29, 0.717) is 31.0 Å². The normalized spacial score (nSPS) is 16.6. The van der Waals surface area contributed by atoms with Gasteiger partial charge in [0.25, 0.3) is 0 Å². The summed E-state index contributed by atoms with van der Waals surface area (Å²) in [5.74, 6) is -0.693. The second-order valence-electron chi connectivity index (χ2n) is 6.97. The molecule has 1 heterocycles. The Morgan fingerprint density at radius 3 is 2.80 bits per heavy atom. The number of carboxylic acid groups (broad SMARTS) is 1. The largest absolute Gasteiger partial charge is 0.493 e. The maximum Gasteiger partial charge on any atom is 0.308 e. The molecule has 1 amide bonds. The van der Waals surface area contributed by atoms with Crippen LogP contribution in [0.25, 0.3) is 6.08 Å². The lowest BCUT2D eigenvalue weighted by atomic mass is 9.98. The van der Waals surface area contributed by atoms with Crippen LogP contribution in [-0.4, -0.2) is 41.6 Å². The number of benzene rings is 2. The summed E-state index contributed by atoms with van der Waals surface area (Å²) in [4.78, 5) is 27.1. The van der Waals surface area contributed by atoms with Gasteiger partial charge in [-0.2, -0.15) is 0 Å². The summed E-state index contributed by atoms with van der Waals surface area (Å²) in [5, 5.41) is 9.76. The molecule has 1 aliphatic heterocycles. The molecular formula is C23H24ClNO4S. The van der Waals surface area contributed by atoms with Crippen molar-refractivity contribution >= 4 is 41.3 Å². The zero-order chi connectivity index (χ0) is 21.5. The summed E-state index contributed by atoms with van der Waals surface area (Å²) < 4.78 is 5.66. The molecule has 30 heavy (non-hydrogen) atoms. The molecule has 1 unspecified atom stereocenters. The molecule has 1 aliphatic rings. The maximum atomic E-state index is 12.4. The fraction of sp³-hybridized carbons (Fsp3) is 0.304. The van der Waals surface area contributed by atoms with Crippen molar-refractivity contribution < 1.29 is 19.4 Å². The number of para-hydroxylation sites is 1. The molecule has 1 saturated heterocycles. The van der Waals surface area contributed by atoms with Crippen molar-refractivity contribution in [3.05, 3.63) is 59.1 Å². The minimum atomic E-state index is -0.845. The smallest absolute Gasteiger partial charge is 0.308 e. The van der Waals surface area contributed by atoms with E-state index in [2.05, 4.69) is 0 Å². The standard InChI is InChI=1S/C23H24ClNO4S/c1-2-29-19-7-3-4-8-21(19)30-20-11-9-16(14-18(20)24)10-12-22(26)25-13-5-6-17(15-25)23(27)28/h3-4,7-12,14,17H,2,5-6,13,15H2,1H3,(H,27,28)/b12-10+. The van der Waals surface area contributed by atoms with Gasteiger partial charge in [0, 0.05) is 24.1 Å². The first-order valence-electron chi connectivity index (χ1n) is 9.87. The SMILES string of the molecule is CCOc1ccccc1Sc1ccc(/C=C/C(=O)N2CCCC(C(=O)O)C2)cc1Cl. The Morgan fingerprint density at radius 2 is 2.07 bits per heavy atom. The first-order chi connectivity index (χ1) is 14.5. The number of carboxylic acids is 1. The van der Waals surface area contributed by atoms with Crippen LogP contribution in [0.5, 0.6) is 5.75 Å². The summed E-state index contributed by atoms with van der Waals surface area (Å²) in [6.07, 6.45) is 4.51. The first kappa shape index (κ1) is 22.2. The Labute approximate surface area is 185 Å². The van der Waals surface area contributed by atoms with Crippen LogP contribution >= 0.6 is 23.4 Å². The molecule has 1 N–H and O–H groups in total. The van der Waals surface area contributed by atoms with Crippen molar-refractivity contribution in [2.75, 3.05) is 19.7 Å². The summed E-state index contributed by atoms with van der Waals surface area (Å²) in [7, 11) is 0. The summed E-state index contributed by atoms with van der Waals surface area (Å²) in [5.41, 5.74) is 0.808. The van der Waals surface area contributed by atoms with Gasteiger partial charge < -0.3 is 14.7 Å². The van der Waals surface area contributed by atoms with Gasteiger partial charge in [-0.05, 0) is 55.7 Å². The lowest BCUT2D eigenvalue weighted by molar-refractivity contribution is -0.144. The second kappa shape index (κ2) is 10.5. The Hall–Kier alpha value is -2.44. The predicted octanol–water partition coefficient (Wildman–Crippen LogP) is 5.23. The van der Waals surface area contributed by atoms with Crippen molar-refractivity contribution in [2.24, 2.45) is 5.92 Å². The molecule has 0 spiro atoms. The van der Waals surface area contributed by atoms with E-state index in [-0.39, 0.29) is 12.5 Å². The third-order valence-electron chi connectivity index (χ3n) is 4.83. The van der Waals surface area contributed by atoms with Gasteiger partial charge in [-0.25, -0.2) is 0 Å². The topological polar surface area (TPSA) is 66.8 Å². The second-order valence-corrected chi connectivity index (χ2v) is 8.46. The fourth-order valence-corrected chi connectivity index (χ4v) is 4.49. The highest BCUT2D eigenvalue weighted by Crippen LogP contribution is 2.38. The molecule has 2 aromatic carbocycles. The van der Waals surface area contributed by atoms with E-state index in [1.54, 1.807) is 11.0 Å². The van der Waals surface area contributed by atoms with E-state index in [1.165, 1.54) is 17.8 Å². The maximum absolute atomic E-state index is 12.4. The molecule has 158 valence electrons. The molecule has 7 heteroatoms. The van der Waals surface area contributed by atoms with Crippen LogP contribution in [0.15, 0.2) is 58.3 Å². The van der Waals surface area contributed by atoms with E-state index < -0.39 is 11.9 Å². The number of piperidine rings is 1. The highest BCUT2D eigenvalue weighted by Gasteiger charge is 2.27. The number of rotatable bonds is 7. The summed E-state index contributed by atoms with van der Waals surface area (Å²) in [6.45, 7) is 3.38. The molecule has 5 nitrogen and oxygen atoms in total.